The number of halogens is 1. The maximum absolute atomic E-state index is 5.00. The number of hydrogen-bond donors (Lipinski definition) is 1. The molecule has 1 aromatic rings. The van der Waals surface area contributed by atoms with Gasteiger partial charge in [-0.2, -0.15) is 5.10 Å². The van der Waals surface area contributed by atoms with Gasteiger partial charge in [0, 0.05) is 26.8 Å². The molecule has 100 valence electrons. The van der Waals surface area contributed by atoms with Crippen molar-refractivity contribution in [2.45, 2.75) is 39.8 Å². The van der Waals surface area contributed by atoms with Crippen LogP contribution in [0, 0.1) is 6.92 Å². The molecule has 0 spiro atoms. The predicted molar refractivity (Wildman–Crippen MR) is 72.7 cm³/mol. The summed E-state index contributed by atoms with van der Waals surface area (Å²) in [4.78, 5) is 0. The van der Waals surface area contributed by atoms with Crippen LogP contribution in [-0.2, 0) is 17.8 Å². The molecule has 0 aliphatic heterocycles. The molecule has 1 aromatic heterocycles. The summed E-state index contributed by atoms with van der Waals surface area (Å²) in [5.74, 6) is 0. The molecule has 0 radical (unpaired) electrons. The largest absolute Gasteiger partial charge is 0.385 e. The van der Waals surface area contributed by atoms with Crippen LogP contribution in [0.4, 0.5) is 0 Å². The molecule has 17 heavy (non-hydrogen) atoms. The molecule has 0 atom stereocenters. The van der Waals surface area contributed by atoms with Gasteiger partial charge in [0.15, 0.2) is 0 Å². The van der Waals surface area contributed by atoms with E-state index in [1.165, 1.54) is 5.69 Å². The van der Waals surface area contributed by atoms with E-state index in [9.17, 15) is 0 Å². The van der Waals surface area contributed by atoms with Gasteiger partial charge in [0.2, 0.25) is 0 Å². The lowest BCUT2D eigenvalue weighted by molar-refractivity contribution is 0.194. The molecule has 1 heterocycles. The second-order valence-electron chi connectivity index (χ2n) is 4.02. The lowest BCUT2D eigenvalue weighted by Gasteiger charge is -2.07. The third-order valence-electron chi connectivity index (χ3n) is 2.43. The Morgan fingerprint density at radius 3 is 2.88 bits per heavy atom. The number of aromatic nitrogens is 2. The topological polar surface area (TPSA) is 39.1 Å². The number of nitrogens with zero attached hydrogens (tertiary/aromatic N) is 2. The van der Waals surface area contributed by atoms with Crippen LogP contribution in [0.15, 0.2) is 6.07 Å². The normalized spacial score (nSPS) is 10.3. The molecule has 0 amide bonds. The first-order valence-corrected chi connectivity index (χ1v) is 6.01. The van der Waals surface area contributed by atoms with E-state index in [2.05, 4.69) is 28.1 Å². The molecular formula is C12H24ClN3O. The molecule has 0 fully saturated rings. The van der Waals surface area contributed by atoms with Gasteiger partial charge in [0.05, 0.1) is 11.4 Å². The van der Waals surface area contributed by atoms with Gasteiger partial charge in [-0.1, -0.05) is 6.92 Å². The minimum absolute atomic E-state index is 0. The third kappa shape index (κ3) is 6.05. The molecule has 1 N–H and O–H groups in total. The highest BCUT2D eigenvalue weighted by molar-refractivity contribution is 5.85. The summed E-state index contributed by atoms with van der Waals surface area (Å²) in [6, 6.07) is 2.15. The van der Waals surface area contributed by atoms with Crippen molar-refractivity contribution < 1.29 is 4.74 Å². The Labute approximate surface area is 110 Å². The van der Waals surface area contributed by atoms with Gasteiger partial charge in [-0.3, -0.25) is 4.68 Å². The zero-order valence-electron chi connectivity index (χ0n) is 11.0. The molecule has 5 heteroatoms. The molecule has 0 aliphatic carbocycles. The predicted octanol–water partition coefficient (Wildman–Crippen LogP) is 2.15. The number of nitrogens with one attached hydrogen (secondary N) is 1. The summed E-state index contributed by atoms with van der Waals surface area (Å²) in [5.41, 5.74) is 2.37. The summed E-state index contributed by atoms with van der Waals surface area (Å²) in [7, 11) is 1.74. The van der Waals surface area contributed by atoms with E-state index < -0.39 is 0 Å². The summed E-state index contributed by atoms with van der Waals surface area (Å²) in [6.07, 6.45) is 2.18. The Morgan fingerprint density at radius 2 is 2.24 bits per heavy atom. The van der Waals surface area contributed by atoms with Crippen LogP contribution in [-0.4, -0.2) is 30.0 Å². The number of aryl methyl sites for hydroxylation is 2. The first kappa shape index (κ1) is 16.4. The zero-order chi connectivity index (χ0) is 11.8. The van der Waals surface area contributed by atoms with Crippen molar-refractivity contribution in [2.24, 2.45) is 0 Å². The summed E-state index contributed by atoms with van der Waals surface area (Å²) in [6.45, 7) is 7.92. The Hall–Kier alpha value is -0.580. The Bertz CT molecular complexity index is 302. The van der Waals surface area contributed by atoms with Crippen molar-refractivity contribution >= 4 is 12.4 Å². The van der Waals surface area contributed by atoms with Crippen molar-refractivity contribution in [2.75, 3.05) is 20.3 Å². The van der Waals surface area contributed by atoms with Crippen molar-refractivity contribution in [3.8, 4) is 0 Å². The average molecular weight is 262 g/mol. The van der Waals surface area contributed by atoms with E-state index in [0.29, 0.717) is 0 Å². The van der Waals surface area contributed by atoms with Crippen LogP contribution in [0.3, 0.4) is 0 Å². The fraction of sp³-hybridized carbons (Fsp3) is 0.750. The molecular weight excluding hydrogens is 238 g/mol. The van der Waals surface area contributed by atoms with Gasteiger partial charge in [0.25, 0.3) is 0 Å². The lowest BCUT2D eigenvalue weighted by atomic mass is 10.3. The van der Waals surface area contributed by atoms with E-state index in [4.69, 9.17) is 4.74 Å². The van der Waals surface area contributed by atoms with Crippen molar-refractivity contribution in [1.82, 2.24) is 15.1 Å². The standard InChI is InChI=1S/C12H23N3O.ClH/c1-4-7-15-12(9-11(2)14-15)10-13-6-5-8-16-3;/h9,13H,4-8,10H2,1-3H3;1H. The Morgan fingerprint density at radius 1 is 1.47 bits per heavy atom. The average Bonchev–Trinajstić information content (AvgIpc) is 2.59. The minimum atomic E-state index is 0. The molecule has 0 aromatic carbocycles. The van der Waals surface area contributed by atoms with Crippen LogP contribution in [0.2, 0.25) is 0 Å². The maximum Gasteiger partial charge on any atom is 0.0597 e. The van der Waals surface area contributed by atoms with Gasteiger partial charge in [-0.15, -0.1) is 12.4 Å². The van der Waals surface area contributed by atoms with Crippen molar-refractivity contribution in [1.29, 1.82) is 0 Å². The fourth-order valence-corrected chi connectivity index (χ4v) is 1.70. The maximum atomic E-state index is 5.00. The van der Waals surface area contributed by atoms with E-state index in [1.807, 2.05) is 6.92 Å². The van der Waals surface area contributed by atoms with Gasteiger partial charge >= 0.3 is 0 Å². The monoisotopic (exact) mass is 261 g/mol. The van der Waals surface area contributed by atoms with E-state index in [1.54, 1.807) is 7.11 Å². The first-order valence-electron chi connectivity index (χ1n) is 6.01. The van der Waals surface area contributed by atoms with Crippen molar-refractivity contribution in [3.05, 3.63) is 17.5 Å². The smallest absolute Gasteiger partial charge is 0.0597 e. The van der Waals surface area contributed by atoms with Gasteiger partial charge in [0.1, 0.15) is 0 Å². The molecule has 0 bridgehead atoms. The number of methoxy groups -OCH3 is 1. The Balaban J connectivity index is 0.00000256. The molecule has 0 saturated heterocycles. The van der Waals surface area contributed by atoms with Crippen molar-refractivity contribution in [3.63, 3.8) is 0 Å². The minimum Gasteiger partial charge on any atom is -0.385 e. The van der Waals surface area contributed by atoms with Gasteiger partial charge in [-0.25, -0.2) is 0 Å². The number of hydrogen-bond acceptors (Lipinski definition) is 3. The number of rotatable bonds is 8. The second kappa shape index (κ2) is 9.45. The number of ether oxygens (including phenoxy) is 1. The highest BCUT2D eigenvalue weighted by Crippen LogP contribution is 2.04. The molecule has 0 aliphatic rings. The highest BCUT2D eigenvalue weighted by Gasteiger charge is 2.03. The van der Waals surface area contributed by atoms with E-state index in [0.717, 1.165) is 44.8 Å². The Kier molecular flexibility index (Phi) is 9.13. The van der Waals surface area contributed by atoms with Crippen LogP contribution in [0.1, 0.15) is 31.2 Å². The zero-order valence-corrected chi connectivity index (χ0v) is 11.8. The van der Waals surface area contributed by atoms with Gasteiger partial charge < -0.3 is 10.1 Å². The van der Waals surface area contributed by atoms with E-state index in [-0.39, 0.29) is 12.4 Å². The quantitative estimate of drug-likeness (QED) is 0.729. The van der Waals surface area contributed by atoms with Crippen LogP contribution in [0.5, 0.6) is 0 Å². The van der Waals surface area contributed by atoms with E-state index >= 15 is 0 Å². The molecule has 1 rings (SSSR count). The third-order valence-corrected chi connectivity index (χ3v) is 2.43. The molecule has 0 saturated carbocycles. The van der Waals surface area contributed by atoms with Crippen LogP contribution < -0.4 is 5.32 Å². The first-order chi connectivity index (χ1) is 7.77. The summed E-state index contributed by atoms with van der Waals surface area (Å²) >= 11 is 0. The fourth-order valence-electron chi connectivity index (χ4n) is 1.70. The van der Waals surface area contributed by atoms with Gasteiger partial charge in [-0.05, 0) is 32.4 Å². The summed E-state index contributed by atoms with van der Waals surface area (Å²) in [5, 5.41) is 7.88. The molecule has 0 unspecified atom stereocenters. The highest BCUT2D eigenvalue weighted by atomic mass is 35.5. The molecule has 4 nitrogen and oxygen atoms in total. The lowest BCUT2D eigenvalue weighted by Crippen LogP contribution is -2.19. The summed E-state index contributed by atoms with van der Waals surface area (Å²) < 4.78 is 7.10. The van der Waals surface area contributed by atoms with Crippen LogP contribution >= 0.6 is 12.4 Å². The second-order valence-corrected chi connectivity index (χ2v) is 4.02. The van der Waals surface area contributed by atoms with Crippen LogP contribution in [0.25, 0.3) is 0 Å². The SMILES string of the molecule is CCCn1nc(C)cc1CNCCCOC.Cl.